The summed E-state index contributed by atoms with van der Waals surface area (Å²) in [6.07, 6.45) is 17.3. The van der Waals surface area contributed by atoms with Crippen molar-refractivity contribution in [3.63, 3.8) is 0 Å². The zero-order valence-corrected chi connectivity index (χ0v) is 36.6. The number of aliphatic hydroxyl groups excluding tert-OH is 7. The largest absolute Gasteiger partial charge is 0.462 e. The fourth-order valence-corrected chi connectivity index (χ4v) is 6.76. The van der Waals surface area contributed by atoms with E-state index in [0.717, 1.165) is 96.3 Å². The third-order valence-electron chi connectivity index (χ3n) is 10.5. The summed E-state index contributed by atoms with van der Waals surface area (Å²) >= 11 is 0. The highest BCUT2D eigenvalue weighted by Gasteiger charge is 2.47. The smallest absolute Gasteiger partial charge is 0.306 e. The lowest BCUT2D eigenvalue weighted by Gasteiger charge is -2.42. The molecule has 2 rings (SSSR count). The molecule has 2 fully saturated rings. The summed E-state index contributed by atoms with van der Waals surface area (Å²) in [6, 6.07) is 0. The first kappa shape index (κ1) is 54.6. The lowest BCUT2D eigenvalue weighted by atomic mass is 9.98. The molecule has 2 saturated heterocycles. The van der Waals surface area contributed by atoms with Crippen LogP contribution in [0.1, 0.15) is 136 Å². The van der Waals surface area contributed by atoms with E-state index in [-0.39, 0.29) is 19.4 Å². The third-order valence-corrected chi connectivity index (χ3v) is 10.5. The number of aliphatic hydroxyl groups is 7. The van der Waals surface area contributed by atoms with Gasteiger partial charge in [0.2, 0.25) is 0 Å². The Balaban J connectivity index is 1.87. The highest BCUT2D eigenvalue weighted by molar-refractivity contribution is 5.70. The van der Waals surface area contributed by atoms with Gasteiger partial charge in [-0.2, -0.15) is 0 Å². The van der Waals surface area contributed by atoms with Crippen molar-refractivity contribution in [1.82, 2.24) is 0 Å². The Labute approximate surface area is 363 Å². The van der Waals surface area contributed by atoms with Gasteiger partial charge in [-0.05, 0) is 64.2 Å². The van der Waals surface area contributed by atoms with Crippen LogP contribution in [0.2, 0.25) is 0 Å². The molecule has 0 spiro atoms. The number of esters is 2. The van der Waals surface area contributed by atoms with Crippen LogP contribution in [0, 0.1) is 0 Å². The second-order valence-electron chi connectivity index (χ2n) is 15.8. The number of rotatable bonds is 33. The normalized spacial score (nSPS) is 27.8. The van der Waals surface area contributed by atoms with E-state index < -0.39 is 99.3 Å². The summed E-state index contributed by atoms with van der Waals surface area (Å²) in [5, 5.41) is 71.8. The van der Waals surface area contributed by atoms with Crippen LogP contribution in [0.4, 0.5) is 0 Å². The zero-order valence-electron chi connectivity index (χ0n) is 36.6. The number of carbonyl (C=O) groups excluding carboxylic acids is 2. The van der Waals surface area contributed by atoms with E-state index in [4.69, 9.17) is 28.4 Å². The van der Waals surface area contributed by atoms with Crippen molar-refractivity contribution < 1.29 is 73.8 Å². The Morgan fingerprint density at radius 3 is 1.64 bits per heavy atom. The number of hydrogen-bond donors (Lipinski definition) is 7. The maximum atomic E-state index is 12.9. The molecule has 7 N–H and O–H groups in total. The van der Waals surface area contributed by atoms with Gasteiger partial charge < -0.3 is 64.2 Å². The van der Waals surface area contributed by atoms with Gasteiger partial charge in [0, 0.05) is 12.8 Å². The summed E-state index contributed by atoms with van der Waals surface area (Å²) in [4.78, 5) is 25.6. The van der Waals surface area contributed by atoms with E-state index in [1.165, 1.54) is 0 Å². The van der Waals surface area contributed by atoms with E-state index in [2.05, 4.69) is 62.5 Å². The van der Waals surface area contributed by atoms with Crippen LogP contribution in [-0.4, -0.2) is 142 Å². The first-order valence-corrected chi connectivity index (χ1v) is 22.7. The summed E-state index contributed by atoms with van der Waals surface area (Å²) < 4.78 is 33.4. The van der Waals surface area contributed by atoms with E-state index in [1.54, 1.807) is 0 Å². The van der Waals surface area contributed by atoms with Crippen LogP contribution >= 0.6 is 0 Å². The average molecular weight is 871 g/mol. The molecule has 0 aliphatic carbocycles. The summed E-state index contributed by atoms with van der Waals surface area (Å²) in [5.74, 6) is -0.964. The van der Waals surface area contributed by atoms with Crippen molar-refractivity contribution in [3.05, 3.63) is 48.6 Å². The van der Waals surface area contributed by atoms with Gasteiger partial charge >= 0.3 is 11.9 Å². The monoisotopic (exact) mass is 871 g/mol. The topological polar surface area (TPSA) is 231 Å². The Morgan fingerprint density at radius 2 is 1.03 bits per heavy atom. The van der Waals surface area contributed by atoms with E-state index in [0.29, 0.717) is 12.8 Å². The minimum absolute atomic E-state index is 0.142. The molecule has 0 bridgehead atoms. The van der Waals surface area contributed by atoms with Gasteiger partial charge in [-0.3, -0.25) is 9.59 Å². The maximum absolute atomic E-state index is 12.9. The third kappa shape index (κ3) is 23.1. The second kappa shape index (κ2) is 33.9. The summed E-state index contributed by atoms with van der Waals surface area (Å²) in [6.45, 7) is 2.35. The van der Waals surface area contributed by atoms with Gasteiger partial charge in [0.15, 0.2) is 18.7 Å². The molecule has 0 aromatic heterocycles. The first-order chi connectivity index (χ1) is 29.5. The molecule has 11 atom stereocenters. The molecule has 0 radical (unpaired) electrons. The molecule has 0 amide bonds. The number of allylic oxidation sites excluding steroid dienone is 8. The summed E-state index contributed by atoms with van der Waals surface area (Å²) in [5.41, 5.74) is 0. The standard InChI is InChI=1S/C46H78O15/c1-3-5-7-9-11-13-15-16-17-18-19-21-23-25-27-29-38(49)59-34(31-56-37(48)28-26-24-22-20-14-12-10-8-6-4-2)32-57-45-44(55)42(53)40(51)36(61-45)33-58-46-43(54)41(52)39(50)35(30-47)60-46/h5,7-8,10-11,13,16-17,34-36,39-47,50-55H,3-4,6,9,12,14-15,18-33H2,1-2H3/b7-5-,10-8-,13-11-,17-16-. The van der Waals surface area contributed by atoms with E-state index >= 15 is 0 Å². The van der Waals surface area contributed by atoms with Crippen LogP contribution in [0.3, 0.4) is 0 Å². The van der Waals surface area contributed by atoms with Crippen LogP contribution in [0.5, 0.6) is 0 Å². The van der Waals surface area contributed by atoms with Crippen molar-refractivity contribution in [1.29, 1.82) is 0 Å². The van der Waals surface area contributed by atoms with Crippen molar-refractivity contribution in [2.45, 2.75) is 203 Å². The summed E-state index contributed by atoms with van der Waals surface area (Å²) in [7, 11) is 0. The Bertz CT molecular complexity index is 1260. The Kier molecular flexibility index (Phi) is 30.4. The number of ether oxygens (including phenoxy) is 6. The van der Waals surface area contributed by atoms with Crippen LogP contribution in [0.15, 0.2) is 48.6 Å². The van der Waals surface area contributed by atoms with Crippen molar-refractivity contribution in [3.8, 4) is 0 Å². The molecular weight excluding hydrogens is 792 g/mol. The van der Waals surface area contributed by atoms with E-state index in [1.807, 2.05) is 0 Å². The van der Waals surface area contributed by atoms with Crippen LogP contribution < -0.4 is 0 Å². The Hall–Kier alpha value is -2.54. The van der Waals surface area contributed by atoms with Gasteiger partial charge in [-0.15, -0.1) is 0 Å². The van der Waals surface area contributed by atoms with Crippen molar-refractivity contribution >= 4 is 11.9 Å². The average Bonchev–Trinajstić information content (AvgIpc) is 3.25. The zero-order chi connectivity index (χ0) is 44.7. The van der Waals surface area contributed by atoms with Crippen molar-refractivity contribution in [2.75, 3.05) is 26.4 Å². The molecule has 2 heterocycles. The second-order valence-corrected chi connectivity index (χ2v) is 15.8. The molecular formula is C46H78O15. The van der Waals surface area contributed by atoms with Crippen LogP contribution in [-0.2, 0) is 38.0 Å². The SMILES string of the molecule is CC/C=C\C/C=C\C/C=C\CCCCCCCC(=O)OC(COC(=O)CCCCCCC/C=C\CCC)COC1OC(COC2OC(CO)C(O)C(O)C2O)C(O)C(O)C1O. The molecule has 0 saturated carbocycles. The van der Waals surface area contributed by atoms with Gasteiger partial charge in [0.25, 0.3) is 0 Å². The van der Waals surface area contributed by atoms with Crippen molar-refractivity contribution in [2.24, 2.45) is 0 Å². The Morgan fingerprint density at radius 1 is 0.541 bits per heavy atom. The molecule has 2 aliphatic rings. The number of unbranched alkanes of at least 4 members (excludes halogenated alkanes) is 11. The van der Waals surface area contributed by atoms with Gasteiger partial charge in [-0.25, -0.2) is 0 Å². The van der Waals surface area contributed by atoms with Gasteiger partial charge in [0.1, 0.15) is 55.4 Å². The molecule has 0 aromatic rings. The highest BCUT2D eigenvalue weighted by atomic mass is 16.7. The predicted octanol–water partition coefficient (Wildman–Crippen LogP) is 4.76. The molecule has 352 valence electrons. The lowest BCUT2D eigenvalue weighted by Crippen LogP contribution is -2.61. The van der Waals surface area contributed by atoms with E-state index in [9.17, 15) is 45.3 Å². The van der Waals surface area contributed by atoms with Gasteiger partial charge in [0.05, 0.1) is 19.8 Å². The molecule has 0 aromatic carbocycles. The predicted molar refractivity (Wildman–Crippen MR) is 229 cm³/mol. The number of hydrogen-bond acceptors (Lipinski definition) is 15. The molecule has 11 unspecified atom stereocenters. The molecule has 15 nitrogen and oxygen atoms in total. The van der Waals surface area contributed by atoms with Crippen LogP contribution in [0.25, 0.3) is 0 Å². The first-order valence-electron chi connectivity index (χ1n) is 22.7. The minimum Gasteiger partial charge on any atom is -0.462 e. The molecule has 15 heteroatoms. The minimum atomic E-state index is -1.77. The molecule has 61 heavy (non-hydrogen) atoms. The highest BCUT2D eigenvalue weighted by Crippen LogP contribution is 2.26. The lowest BCUT2D eigenvalue weighted by molar-refractivity contribution is -0.332. The van der Waals surface area contributed by atoms with Gasteiger partial charge in [-0.1, -0.05) is 107 Å². The fraction of sp³-hybridized carbons (Fsp3) is 0.783. The molecule has 2 aliphatic heterocycles. The quantitative estimate of drug-likeness (QED) is 0.0268. The maximum Gasteiger partial charge on any atom is 0.306 e. The fourth-order valence-electron chi connectivity index (χ4n) is 6.76. The number of carbonyl (C=O) groups is 2.